The number of halogens is 1. The Kier molecular flexibility index (Phi) is 7.36. The highest BCUT2D eigenvalue weighted by molar-refractivity contribution is 7.99. The van der Waals surface area contributed by atoms with Gasteiger partial charge in [-0.1, -0.05) is 11.6 Å². The molecule has 1 aromatic rings. The molecular weight excluding hydrogens is 286 g/mol. The van der Waals surface area contributed by atoms with E-state index in [1.54, 1.807) is 11.8 Å². The Labute approximate surface area is 121 Å². The molecule has 1 N–H and O–H groups in total. The zero-order chi connectivity index (χ0) is 14.1. The summed E-state index contributed by atoms with van der Waals surface area (Å²) in [6.07, 6.45) is 1.15. The van der Waals surface area contributed by atoms with Crippen LogP contribution in [0.15, 0.2) is 29.2 Å². The normalized spacial score (nSPS) is 10.0. The van der Waals surface area contributed by atoms with Crippen molar-refractivity contribution in [2.45, 2.75) is 17.7 Å². The Morgan fingerprint density at radius 2 is 2.00 bits per heavy atom. The summed E-state index contributed by atoms with van der Waals surface area (Å²) in [5, 5.41) is 3.21. The zero-order valence-corrected chi connectivity index (χ0v) is 12.2. The first-order valence-electron chi connectivity index (χ1n) is 5.83. The summed E-state index contributed by atoms with van der Waals surface area (Å²) in [4.78, 5) is 23.3. The predicted molar refractivity (Wildman–Crippen MR) is 76.4 cm³/mol. The van der Waals surface area contributed by atoms with Crippen molar-refractivity contribution in [3.8, 4) is 0 Å². The van der Waals surface area contributed by atoms with Gasteiger partial charge in [0.15, 0.2) is 0 Å². The highest BCUT2D eigenvalue weighted by Crippen LogP contribution is 2.21. The monoisotopic (exact) mass is 301 g/mol. The molecule has 0 fully saturated rings. The van der Waals surface area contributed by atoms with Crippen molar-refractivity contribution in [3.63, 3.8) is 0 Å². The average molecular weight is 302 g/mol. The van der Waals surface area contributed by atoms with Gasteiger partial charge >= 0.3 is 5.97 Å². The molecule has 0 bridgehead atoms. The summed E-state index contributed by atoms with van der Waals surface area (Å²) in [7, 11) is 1.29. The number of nitrogens with one attached hydrogen (secondary N) is 1. The van der Waals surface area contributed by atoms with Gasteiger partial charge in [-0.15, -0.1) is 11.8 Å². The minimum atomic E-state index is -0.441. The Morgan fingerprint density at radius 1 is 1.32 bits per heavy atom. The van der Waals surface area contributed by atoms with Crippen LogP contribution in [0, 0.1) is 0 Å². The molecule has 0 atom stereocenters. The first-order chi connectivity index (χ1) is 9.11. The third-order valence-corrected chi connectivity index (χ3v) is 3.64. The van der Waals surface area contributed by atoms with E-state index in [1.165, 1.54) is 7.11 Å². The number of carbonyl (C=O) groups is 2. The topological polar surface area (TPSA) is 55.4 Å². The van der Waals surface area contributed by atoms with E-state index in [9.17, 15) is 9.59 Å². The third kappa shape index (κ3) is 7.08. The van der Waals surface area contributed by atoms with Crippen molar-refractivity contribution in [2.24, 2.45) is 0 Å². The minimum absolute atomic E-state index is 0.0698. The molecule has 104 valence electrons. The van der Waals surface area contributed by atoms with Gasteiger partial charge < -0.3 is 10.1 Å². The van der Waals surface area contributed by atoms with E-state index < -0.39 is 5.97 Å². The lowest BCUT2D eigenvalue weighted by Gasteiger charge is -2.04. The SMILES string of the molecule is COC(=O)CNC(=O)CCCSc1ccc(Cl)cc1. The van der Waals surface area contributed by atoms with E-state index >= 15 is 0 Å². The second-order valence-electron chi connectivity index (χ2n) is 3.76. The third-order valence-electron chi connectivity index (χ3n) is 2.29. The minimum Gasteiger partial charge on any atom is -0.468 e. The lowest BCUT2D eigenvalue weighted by molar-refractivity contribution is -0.141. The molecule has 0 aromatic heterocycles. The highest BCUT2D eigenvalue weighted by atomic mass is 35.5. The fraction of sp³-hybridized carbons (Fsp3) is 0.385. The van der Waals surface area contributed by atoms with Gasteiger partial charge in [-0.2, -0.15) is 0 Å². The number of methoxy groups -OCH3 is 1. The molecule has 0 saturated carbocycles. The molecule has 1 aromatic carbocycles. The maximum absolute atomic E-state index is 11.4. The number of ether oxygens (including phenoxy) is 1. The van der Waals surface area contributed by atoms with Gasteiger partial charge in [0, 0.05) is 16.3 Å². The Balaban J connectivity index is 2.11. The molecule has 0 aliphatic rings. The number of thioether (sulfide) groups is 1. The summed E-state index contributed by atoms with van der Waals surface area (Å²) in [5.41, 5.74) is 0. The number of carbonyl (C=O) groups excluding carboxylic acids is 2. The lowest BCUT2D eigenvalue weighted by atomic mass is 10.3. The molecule has 0 aliphatic heterocycles. The number of hydrogen-bond acceptors (Lipinski definition) is 4. The van der Waals surface area contributed by atoms with Crippen molar-refractivity contribution < 1.29 is 14.3 Å². The van der Waals surface area contributed by atoms with Crippen LogP contribution in [0.4, 0.5) is 0 Å². The second kappa shape index (κ2) is 8.82. The molecule has 1 amide bonds. The van der Waals surface area contributed by atoms with Crippen molar-refractivity contribution in [1.82, 2.24) is 5.32 Å². The van der Waals surface area contributed by atoms with Gasteiger partial charge in [-0.25, -0.2) is 0 Å². The van der Waals surface area contributed by atoms with Crippen molar-refractivity contribution >= 4 is 35.2 Å². The predicted octanol–water partition coefficient (Wildman–Crippen LogP) is 2.50. The quantitative estimate of drug-likeness (QED) is 0.478. The number of benzene rings is 1. The highest BCUT2D eigenvalue weighted by Gasteiger charge is 2.04. The van der Waals surface area contributed by atoms with Crippen LogP contribution >= 0.6 is 23.4 Å². The van der Waals surface area contributed by atoms with Crippen LogP contribution in [0.3, 0.4) is 0 Å². The largest absolute Gasteiger partial charge is 0.468 e. The standard InChI is InChI=1S/C13H16ClNO3S/c1-18-13(17)9-15-12(16)3-2-8-19-11-6-4-10(14)5-7-11/h4-7H,2-3,8-9H2,1H3,(H,15,16). The fourth-order valence-corrected chi connectivity index (χ4v) is 2.26. The molecule has 6 heteroatoms. The van der Waals surface area contributed by atoms with Crippen LogP contribution in [0.25, 0.3) is 0 Å². The molecular formula is C13H16ClNO3S. The van der Waals surface area contributed by atoms with Crippen LogP contribution < -0.4 is 5.32 Å². The fourth-order valence-electron chi connectivity index (χ4n) is 1.28. The summed E-state index contributed by atoms with van der Waals surface area (Å²) in [6.45, 7) is -0.0698. The number of hydrogen-bond donors (Lipinski definition) is 1. The average Bonchev–Trinajstić information content (AvgIpc) is 2.42. The van der Waals surface area contributed by atoms with Gasteiger partial charge in [0.25, 0.3) is 0 Å². The van der Waals surface area contributed by atoms with E-state index in [4.69, 9.17) is 11.6 Å². The molecule has 4 nitrogen and oxygen atoms in total. The molecule has 1 rings (SSSR count). The van der Waals surface area contributed by atoms with Gasteiger partial charge in [-0.05, 0) is 36.4 Å². The van der Waals surface area contributed by atoms with E-state index in [0.717, 1.165) is 17.1 Å². The maximum Gasteiger partial charge on any atom is 0.325 e. The smallest absolute Gasteiger partial charge is 0.325 e. The van der Waals surface area contributed by atoms with Crippen molar-refractivity contribution in [1.29, 1.82) is 0 Å². The molecule has 0 spiro atoms. The lowest BCUT2D eigenvalue weighted by Crippen LogP contribution is -2.29. The van der Waals surface area contributed by atoms with E-state index in [2.05, 4.69) is 10.1 Å². The zero-order valence-electron chi connectivity index (χ0n) is 10.6. The molecule has 0 unspecified atom stereocenters. The number of amides is 1. The second-order valence-corrected chi connectivity index (χ2v) is 5.36. The summed E-state index contributed by atoms with van der Waals surface area (Å²) >= 11 is 7.46. The molecule has 19 heavy (non-hydrogen) atoms. The molecule has 0 saturated heterocycles. The summed E-state index contributed by atoms with van der Waals surface area (Å²) in [6, 6.07) is 7.58. The van der Waals surface area contributed by atoms with Gasteiger partial charge in [-0.3, -0.25) is 9.59 Å². The van der Waals surface area contributed by atoms with Gasteiger partial charge in [0.2, 0.25) is 5.91 Å². The van der Waals surface area contributed by atoms with Gasteiger partial charge in [0.1, 0.15) is 6.54 Å². The van der Waals surface area contributed by atoms with Crippen molar-refractivity contribution in [2.75, 3.05) is 19.4 Å². The summed E-state index contributed by atoms with van der Waals surface area (Å²) in [5.74, 6) is 0.263. The molecule has 0 aliphatic carbocycles. The molecule has 0 radical (unpaired) electrons. The van der Waals surface area contributed by atoms with E-state index in [-0.39, 0.29) is 12.5 Å². The molecule has 0 heterocycles. The van der Waals surface area contributed by atoms with Crippen LogP contribution in [0.5, 0.6) is 0 Å². The van der Waals surface area contributed by atoms with Crippen LogP contribution in [-0.4, -0.2) is 31.3 Å². The Hall–Kier alpha value is -1.20. The van der Waals surface area contributed by atoms with Crippen LogP contribution in [-0.2, 0) is 14.3 Å². The van der Waals surface area contributed by atoms with Crippen LogP contribution in [0.2, 0.25) is 5.02 Å². The van der Waals surface area contributed by atoms with Crippen molar-refractivity contribution in [3.05, 3.63) is 29.3 Å². The Bertz CT molecular complexity index is 422. The first kappa shape index (κ1) is 15.9. The van der Waals surface area contributed by atoms with Crippen LogP contribution in [0.1, 0.15) is 12.8 Å². The Morgan fingerprint density at radius 3 is 2.63 bits per heavy atom. The first-order valence-corrected chi connectivity index (χ1v) is 7.20. The number of rotatable bonds is 7. The number of esters is 1. The van der Waals surface area contributed by atoms with E-state index in [1.807, 2.05) is 24.3 Å². The summed E-state index contributed by atoms with van der Waals surface area (Å²) < 4.78 is 4.43. The van der Waals surface area contributed by atoms with Gasteiger partial charge in [0.05, 0.1) is 7.11 Å². The van der Waals surface area contributed by atoms with E-state index in [0.29, 0.717) is 11.4 Å². The maximum atomic E-state index is 11.4.